The van der Waals surface area contributed by atoms with Crippen LogP contribution in [0.4, 0.5) is 5.69 Å². The Balaban J connectivity index is 2.41. The molecule has 0 bridgehead atoms. The summed E-state index contributed by atoms with van der Waals surface area (Å²) in [7, 11) is 0. The summed E-state index contributed by atoms with van der Waals surface area (Å²) in [6, 6.07) is 6.11. The fraction of sp³-hybridized carbons (Fsp3) is 0.417. The molecule has 0 saturated heterocycles. The molecular formula is C12H15N3O. The maximum absolute atomic E-state index is 12.2. The molecule has 0 radical (unpaired) electrons. The molecule has 1 heterocycles. The van der Waals surface area contributed by atoms with Crippen LogP contribution in [-0.2, 0) is 6.54 Å². The summed E-state index contributed by atoms with van der Waals surface area (Å²) in [5.41, 5.74) is 8.56. The molecule has 1 aromatic carbocycles. The number of nitrogen functional groups attached to an aromatic ring is 1. The van der Waals surface area contributed by atoms with Crippen LogP contribution in [0.5, 0.6) is 0 Å². The molecule has 1 aliphatic rings. The Hall–Kier alpha value is -1.71. The Morgan fingerprint density at radius 3 is 2.75 bits per heavy atom. The first kappa shape index (κ1) is 9.51. The highest BCUT2D eigenvalue weighted by atomic mass is 16.1. The number of imidazole rings is 1. The van der Waals surface area contributed by atoms with Crippen molar-refractivity contribution in [3.63, 3.8) is 0 Å². The average Bonchev–Trinajstić information content (AvgIpc) is 3.03. The van der Waals surface area contributed by atoms with Gasteiger partial charge in [-0.3, -0.25) is 9.13 Å². The van der Waals surface area contributed by atoms with Crippen LogP contribution in [0.25, 0.3) is 11.0 Å². The number of aryl methyl sites for hydroxylation is 1. The molecule has 1 fully saturated rings. The van der Waals surface area contributed by atoms with E-state index in [-0.39, 0.29) is 5.69 Å². The van der Waals surface area contributed by atoms with Gasteiger partial charge in [-0.05, 0) is 38.0 Å². The second-order valence-electron chi connectivity index (χ2n) is 4.38. The van der Waals surface area contributed by atoms with E-state index < -0.39 is 0 Å². The van der Waals surface area contributed by atoms with Crippen LogP contribution in [0.3, 0.4) is 0 Å². The predicted octanol–water partition coefficient (Wildman–Crippen LogP) is 1.74. The van der Waals surface area contributed by atoms with Crippen LogP contribution >= 0.6 is 0 Å². The number of hydrogen-bond acceptors (Lipinski definition) is 2. The zero-order valence-electron chi connectivity index (χ0n) is 9.31. The summed E-state index contributed by atoms with van der Waals surface area (Å²) in [5, 5.41) is 0. The molecule has 2 N–H and O–H groups in total. The van der Waals surface area contributed by atoms with Crippen LogP contribution in [0.15, 0.2) is 23.0 Å². The molecule has 3 rings (SSSR count). The zero-order chi connectivity index (χ0) is 11.3. The Morgan fingerprint density at radius 1 is 1.38 bits per heavy atom. The summed E-state index contributed by atoms with van der Waals surface area (Å²) in [6.07, 6.45) is 2.24. The van der Waals surface area contributed by atoms with Crippen LogP contribution in [0, 0.1) is 0 Å². The van der Waals surface area contributed by atoms with Gasteiger partial charge in [0.15, 0.2) is 0 Å². The Morgan fingerprint density at radius 2 is 2.12 bits per heavy atom. The summed E-state index contributed by atoms with van der Waals surface area (Å²) in [4.78, 5) is 12.2. The third kappa shape index (κ3) is 1.19. The lowest BCUT2D eigenvalue weighted by Gasteiger charge is -1.99. The fourth-order valence-electron chi connectivity index (χ4n) is 2.29. The summed E-state index contributed by atoms with van der Waals surface area (Å²) in [6.45, 7) is 2.68. The topological polar surface area (TPSA) is 53.0 Å². The summed E-state index contributed by atoms with van der Waals surface area (Å²) >= 11 is 0. The summed E-state index contributed by atoms with van der Waals surface area (Å²) < 4.78 is 3.71. The molecule has 84 valence electrons. The van der Waals surface area contributed by atoms with Gasteiger partial charge in [-0.25, -0.2) is 4.79 Å². The number of nitrogens with two attached hydrogens (primary N) is 1. The third-order valence-electron chi connectivity index (χ3n) is 3.22. The minimum atomic E-state index is 0.102. The van der Waals surface area contributed by atoms with Crippen LogP contribution < -0.4 is 11.4 Å². The van der Waals surface area contributed by atoms with Crippen molar-refractivity contribution < 1.29 is 0 Å². The van der Waals surface area contributed by atoms with E-state index in [2.05, 4.69) is 0 Å². The lowest BCUT2D eigenvalue weighted by Crippen LogP contribution is -2.23. The molecule has 2 aromatic rings. The number of nitrogens with zero attached hydrogens (tertiary/aromatic N) is 2. The molecule has 1 aromatic heterocycles. The quantitative estimate of drug-likeness (QED) is 0.779. The van der Waals surface area contributed by atoms with Crippen molar-refractivity contribution in [2.75, 3.05) is 5.73 Å². The molecule has 0 unspecified atom stereocenters. The molecule has 1 aliphatic carbocycles. The van der Waals surface area contributed by atoms with Crippen molar-refractivity contribution in [3.05, 3.63) is 28.7 Å². The zero-order valence-corrected chi connectivity index (χ0v) is 9.31. The first-order valence-electron chi connectivity index (χ1n) is 5.72. The largest absolute Gasteiger partial charge is 0.399 e. The van der Waals surface area contributed by atoms with Gasteiger partial charge < -0.3 is 5.73 Å². The van der Waals surface area contributed by atoms with Gasteiger partial charge in [0, 0.05) is 18.3 Å². The highest BCUT2D eigenvalue weighted by molar-refractivity contribution is 5.80. The van der Waals surface area contributed by atoms with Gasteiger partial charge in [0.25, 0.3) is 0 Å². The van der Waals surface area contributed by atoms with Crippen LogP contribution in [0.2, 0.25) is 0 Å². The Bertz CT molecular complexity index is 604. The molecule has 4 heteroatoms. The van der Waals surface area contributed by atoms with Gasteiger partial charge in [0.05, 0.1) is 11.0 Å². The van der Waals surface area contributed by atoms with Crippen molar-refractivity contribution in [1.82, 2.24) is 9.13 Å². The average molecular weight is 217 g/mol. The second kappa shape index (κ2) is 3.14. The first-order valence-corrected chi connectivity index (χ1v) is 5.72. The SMILES string of the molecule is CCn1c(=O)n(C2CC2)c2ccc(N)cc21. The highest BCUT2D eigenvalue weighted by Crippen LogP contribution is 2.36. The van der Waals surface area contributed by atoms with Gasteiger partial charge in [-0.15, -0.1) is 0 Å². The van der Waals surface area contributed by atoms with Crippen LogP contribution in [0.1, 0.15) is 25.8 Å². The monoisotopic (exact) mass is 217 g/mol. The molecular weight excluding hydrogens is 202 g/mol. The van der Waals surface area contributed by atoms with Crippen molar-refractivity contribution in [3.8, 4) is 0 Å². The lowest BCUT2D eigenvalue weighted by molar-refractivity contribution is 0.660. The van der Waals surface area contributed by atoms with E-state index >= 15 is 0 Å². The highest BCUT2D eigenvalue weighted by Gasteiger charge is 2.28. The third-order valence-corrected chi connectivity index (χ3v) is 3.22. The molecule has 0 atom stereocenters. The minimum absolute atomic E-state index is 0.102. The normalized spacial score (nSPS) is 15.8. The van der Waals surface area contributed by atoms with Gasteiger partial charge in [0.2, 0.25) is 0 Å². The van der Waals surface area contributed by atoms with Crippen LogP contribution in [-0.4, -0.2) is 9.13 Å². The number of rotatable bonds is 2. The van der Waals surface area contributed by atoms with E-state index in [0.29, 0.717) is 18.3 Å². The molecule has 16 heavy (non-hydrogen) atoms. The first-order chi connectivity index (χ1) is 7.72. The molecule has 0 aliphatic heterocycles. The number of anilines is 1. The summed E-state index contributed by atoms with van der Waals surface area (Å²) in [5.74, 6) is 0. The maximum Gasteiger partial charge on any atom is 0.329 e. The maximum atomic E-state index is 12.2. The van der Waals surface area contributed by atoms with E-state index in [4.69, 9.17) is 5.73 Å². The van der Waals surface area contributed by atoms with Crippen molar-refractivity contribution in [1.29, 1.82) is 0 Å². The second-order valence-corrected chi connectivity index (χ2v) is 4.38. The molecule has 4 nitrogen and oxygen atoms in total. The van der Waals surface area contributed by atoms with E-state index in [1.165, 1.54) is 0 Å². The fourth-order valence-corrected chi connectivity index (χ4v) is 2.29. The van der Waals surface area contributed by atoms with Crippen molar-refractivity contribution in [2.45, 2.75) is 32.4 Å². The van der Waals surface area contributed by atoms with Gasteiger partial charge >= 0.3 is 5.69 Å². The number of fused-ring (bicyclic) bond motifs is 1. The molecule has 0 amide bonds. The van der Waals surface area contributed by atoms with Gasteiger partial charge in [0.1, 0.15) is 0 Å². The van der Waals surface area contributed by atoms with E-state index in [1.54, 1.807) is 4.57 Å². The molecule has 1 saturated carbocycles. The van der Waals surface area contributed by atoms with E-state index in [1.807, 2.05) is 29.7 Å². The number of benzene rings is 1. The lowest BCUT2D eigenvalue weighted by atomic mass is 10.2. The van der Waals surface area contributed by atoms with Gasteiger partial charge in [-0.2, -0.15) is 0 Å². The Kier molecular flexibility index (Phi) is 1.87. The van der Waals surface area contributed by atoms with E-state index in [0.717, 1.165) is 23.9 Å². The smallest absolute Gasteiger partial charge is 0.329 e. The number of hydrogen-bond donors (Lipinski definition) is 1. The molecule has 0 spiro atoms. The van der Waals surface area contributed by atoms with Crippen molar-refractivity contribution in [2.24, 2.45) is 0 Å². The standard InChI is InChI=1S/C12H15N3O/c1-2-14-11-7-8(13)3-6-10(11)15(12(14)16)9-4-5-9/h3,6-7,9H,2,4-5,13H2,1H3. The van der Waals surface area contributed by atoms with E-state index in [9.17, 15) is 4.79 Å². The Labute approximate surface area is 93.3 Å². The minimum Gasteiger partial charge on any atom is -0.399 e. The van der Waals surface area contributed by atoms with Crippen molar-refractivity contribution >= 4 is 16.7 Å². The predicted molar refractivity (Wildman–Crippen MR) is 64.6 cm³/mol. The van der Waals surface area contributed by atoms with Gasteiger partial charge in [-0.1, -0.05) is 0 Å². The number of aromatic nitrogens is 2.